The third-order valence-corrected chi connectivity index (χ3v) is 7.11. The Balaban J connectivity index is 1.56. The highest BCUT2D eigenvalue weighted by Crippen LogP contribution is 2.29. The Morgan fingerprint density at radius 1 is 0.868 bits per heavy atom. The van der Waals surface area contributed by atoms with E-state index in [-0.39, 0.29) is 10.8 Å². The molecule has 38 heavy (non-hydrogen) atoms. The van der Waals surface area contributed by atoms with E-state index in [1.807, 2.05) is 66.7 Å². The number of pyridine rings is 1. The van der Waals surface area contributed by atoms with Crippen LogP contribution in [0.15, 0.2) is 102 Å². The number of sulfone groups is 1. The van der Waals surface area contributed by atoms with Gasteiger partial charge in [-0.15, -0.1) is 0 Å². The first-order chi connectivity index (χ1) is 18.3. The van der Waals surface area contributed by atoms with Crippen LogP contribution in [0.25, 0.3) is 0 Å². The number of ether oxygens (including phenoxy) is 2. The van der Waals surface area contributed by atoms with Gasteiger partial charge in [-0.2, -0.15) is 0 Å². The maximum Gasteiger partial charge on any atom is 0.254 e. The first kappa shape index (κ1) is 26.9. The molecule has 0 aliphatic heterocycles. The Morgan fingerprint density at radius 2 is 1.66 bits per heavy atom. The number of carbonyl (C=O) groups excluding carboxylic acids is 1. The highest BCUT2D eigenvalue weighted by atomic mass is 32.2. The summed E-state index contributed by atoms with van der Waals surface area (Å²) in [6, 6.07) is 27.2. The number of amides is 1. The smallest absolute Gasteiger partial charge is 0.254 e. The minimum atomic E-state index is -3.45. The topological polar surface area (TPSA) is 85.8 Å². The highest BCUT2D eigenvalue weighted by Gasteiger charge is 2.19. The number of methoxy groups -OCH3 is 1. The molecular weight excluding hydrogens is 500 g/mol. The van der Waals surface area contributed by atoms with E-state index in [2.05, 4.69) is 4.98 Å². The summed E-state index contributed by atoms with van der Waals surface area (Å²) in [5.41, 5.74) is 3.06. The third-order valence-electron chi connectivity index (χ3n) is 6.00. The molecule has 0 N–H and O–H groups in total. The molecule has 0 aliphatic rings. The van der Waals surface area contributed by atoms with Gasteiger partial charge in [0.15, 0.2) is 21.3 Å². The number of benzene rings is 3. The van der Waals surface area contributed by atoms with Gasteiger partial charge < -0.3 is 14.4 Å². The second kappa shape index (κ2) is 12.4. The van der Waals surface area contributed by atoms with Crippen molar-refractivity contribution in [2.75, 3.05) is 19.9 Å². The lowest BCUT2D eigenvalue weighted by molar-refractivity contribution is 0.0744. The Labute approximate surface area is 223 Å². The highest BCUT2D eigenvalue weighted by molar-refractivity contribution is 7.90. The van der Waals surface area contributed by atoms with Crippen molar-refractivity contribution < 1.29 is 22.7 Å². The molecule has 1 amide bonds. The minimum absolute atomic E-state index is 0.106. The van der Waals surface area contributed by atoms with Gasteiger partial charge in [-0.3, -0.25) is 9.78 Å². The van der Waals surface area contributed by atoms with Gasteiger partial charge in [0, 0.05) is 43.2 Å². The Morgan fingerprint density at radius 3 is 2.37 bits per heavy atom. The lowest BCUT2D eigenvalue weighted by atomic mass is 10.1. The second-order valence-corrected chi connectivity index (χ2v) is 10.9. The lowest BCUT2D eigenvalue weighted by Gasteiger charge is -2.24. The molecular formula is C30H30N2O5S. The van der Waals surface area contributed by atoms with Crippen molar-refractivity contribution in [2.45, 2.75) is 24.5 Å². The van der Waals surface area contributed by atoms with Crippen LogP contribution in [0.5, 0.6) is 11.5 Å². The van der Waals surface area contributed by atoms with Crippen LogP contribution >= 0.6 is 0 Å². The van der Waals surface area contributed by atoms with Crippen LogP contribution in [0.4, 0.5) is 0 Å². The molecule has 4 aromatic rings. The van der Waals surface area contributed by atoms with Gasteiger partial charge in [0.05, 0.1) is 12.0 Å². The number of hydrogen-bond acceptors (Lipinski definition) is 6. The lowest BCUT2D eigenvalue weighted by Crippen LogP contribution is -2.32. The standard InChI is InChI=1S/C30H30N2O5S/c1-36-29-19-24(14-15-28(29)37-22-23-9-4-3-5-10-23)21-32(18-16-26-12-6-7-17-31-26)30(33)25-11-8-13-27(20-25)38(2,34)35/h3-15,17,19-20H,16,18,21-22H2,1-2H3. The average molecular weight is 531 g/mol. The van der Waals surface area contributed by atoms with Gasteiger partial charge in [-0.05, 0) is 53.6 Å². The molecule has 4 rings (SSSR count). The van der Waals surface area contributed by atoms with E-state index in [0.29, 0.717) is 43.2 Å². The fourth-order valence-corrected chi connectivity index (χ4v) is 4.64. The summed E-state index contributed by atoms with van der Waals surface area (Å²) in [5.74, 6) is 0.900. The SMILES string of the molecule is COc1cc(CN(CCc2ccccn2)C(=O)c2cccc(S(C)(=O)=O)c2)ccc1OCc1ccccc1. The largest absolute Gasteiger partial charge is 0.493 e. The zero-order valence-electron chi connectivity index (χ0n) is 21.4. The first-order valence-corrected chi connectivity index (χ1v) is 14.1. The molecule has 3 aromatic carbocycles. The molecule has 0 unspecified atom stereocenters. The zero-order valence-corrected chi connectivity index (χ0v) is 22.2. The predicted octanol–water partition coefficient (Wildman–Crippen LogP) is 4.96. The number of hydrogen-bond donors (Lipinski definition) is 0. The molecule has 0 fully saturated rings. The molecule has 0 atom stereocenters. The Hall–Kier alpha value is -4.17. The first-order valence-electron chi connectivity index (χ1n) is 12.2. The maximum absolute atomic E-state index is 13.6. The van der Waals surface area contributed by atoms with Crippen LogP contribution in [0, 0.1) is 0 Å². The fourth-order valence-electron chi connectivity index (χ4n) is 3.98. The van der Waals surface area contributed by atoms with Crippen molar-refractivity contribution in [1.29, 1.82) is 0 Å². The summed E-state index contributed by atoms with van der Waals surface area (Å²) < 4.78 is 35.7. The summed E-state index contributed by atoms with van der Waals surface area (Å²) in [6.45, 7) is 1.10. The van der Waals surface area contributed by atoms with E-state index >= 15 is 0 Å². The number of rotatable bonds is 11. The monoisotopic (exact) mass is 530 g/mol. The Kier molecular flexibility index (Phi) is 8.76. The average Bonchev–Trinajstić information content (AvgIpc) is 2.94. The normalized spacial score (nSPS) is 11.1. The summed E-state index contributed by atoms with van der Waals surface area (Å²) in [4.78, 5) is 19.7. The molecule has 8 heteroatoms. The van der Waals surface area contributed by atoms with E-state index in [0.717, 1.165) is 23.1 Å². The molecule has 0 aliphatic carbocycles. The van der Waals surface area contributed by atoms with Crippen molar-refractivity contribution in [3.63, 3.8) is 0 Å². The Bertz CT molecular complexity index is 1480. The van der Waals surface area contributed by atoms with E-state index in [1.54, 1.807) is 30.3 Å². The van der Waals surface area contributed by atoms with Gasteiger partial charge >= 0.3 is 0 Å². The number of carbonyl (C=O) groups is 1. The molecule has 0 spiro atoms. The molecule has 196 valence electrons. The van der Waals surface area contributed by atoms with Crippen molar-refractivity contribution >= 4 is 15.7 Å². The van der Waals surface area contributed by atoms with Crippen LogP contribution in [0.3, 0.4) is 0 Å². The minimum Gasteiger partial charge on any atom is -0.493 e. The molecule has 1 aromatic heterocycles. The van der Waals surface area contributed by atoms with Crippen molar-refractivity contribution in [3.05, 3.63) is 120 Å². The summed E-state index contributed by atoms with van der Waals surface area (Å²) >= 11 is 0. The van der Waals surface area contributed by atoms with E-state index in [1.165, 1.54) is 12.1 Å². The van der Waals surface area contributed by atoms with Crippen LogP contribution in [0.2, 0.25) is 0 Å². The van der Waals surface area contributed by atoms with E-state index in [9.17, 15) is 13.2 Å². The van der Waals surface area contributed by atoms with Crippen molar-refractivity contribution in [3.8, 4) is 11.5 Å². The number of nitrogens with zero attached hydrogens (tertiary/aromatic N) is 2. The molecule has 0 saturated carbocycles. The van der Waals surface area contributed by atoms with Gasteiger partial charge in [0.25, 0.3) is 5.91 Å². The van der Waals surface area contributed by atoms with Crippen LogP contribution in [0.1, 0.15) is 27.2 Å². The molecule has 7 nitrogen and oxygen atoms in total. The van der Waals surface area contributed by atoms with Crippen molar-refractivity contribution in [1.82, 2.24) is 9.88 Å². The van der Waals surface area contributed by atoms with E-state index < -0.39 is 9.84 Å². The third kappa shape index (κ3) is 7.20. The van der Waals surface area contributed by atoms with E-state index in [4.69, 9.17) is 9.47 Å². The molecule has 0 radical (unpaired) electrons. The van der Waals surface area contributed by atoms with Gasteiger partial charge in [0.1, 0.15) is 6.61 Å². The molecule has 0 saturated heterocycles. The zero-order chi connectivity index (χ0) is 27.0. The van der Waals surface area contributed by atoms with Gasteiger partial charge in [-0.1, -0.05) is 48.5 Å². The predicted molar refractivity (Wildman–Crippen MR) is 146 cm³/mol. The van der Waals surface area contributed by atoms with Crippen LogP contribution < -0.4 is 9.47 Å². The summed E-state index contributed by atoms with van der Waals surface area (Å²) in [6.07, 6.45) is 3.40. The van der Waals surface area contributed by atoms with Crippen LogP contribution in [-0.4, -0.2) is 44.1 Å². The van der Waals surface area contributed by atoms with Crippen LogP contribution in [-0.2, 0) is 29.4 Å². The van der Waals surface area contributed by atoms with Gasteiger partial charge in [-0.25, -0.2) is 8.42 Å². The second-order valence-electron chi connectivity index (χ2n) is 8.86. The quantitative estimate of drug-likeness (QED) is 0.273. The fraction of sp³-hybridized carbons (Fsp3) is 0.200. The van der Waals surface area contributed by atoms with Crippen molar-refractivity contribution in [2.24, 2.45) is 0 Å². The molecule has 1 heterocycles. The maximum atomic E-state index is 13.6. The summed E-state index contributed by atoms with van der Waals surface area (Å²) in [7, 11) is -1.87. The molecule has 0 bridgehead atoms. The summed E-state index contributed by atoms with van der Waals surface area (Å²) in [5, 5.41) is 0. The van der Waals surface area contributed by atoms with Gasteiger partial charge in [0.2, 0.25) is 0 Å². The number of aromatic nitrogens is 1.